The van der Waals surface area contributed by atoms with Crippen LogP contribution in [0, 0.1) is 12.8 Å². The number of hydrogen-bond donors (Lipinski definition) is 1. The topological polar surface area (TPSA) is 83.6 Å². The van der Waals surface area contributed by atoms with E-state index in [0.29, 0.717) is 6.54 Å². The molecule has 2 rings (SSSR count). The molecule has 7 heteroatoms. The van der Waals surface area contributed by atoms with Gasteiger partial charge in [-0.1, -0.05) is 31.5 Å². The van der Waals surface area contributed by atoms with Gasteiger partial charge in [0.05, 0.1) is 4.90 Å². The number of sulfonamides is 1. The van der Waals surface area contributed by atoms with Gasteiger partial charge in [0.15, 0.2) is 0 Å². The van der Waals surface area contributed by atoms with Crippen molar-refractivity contribution in [2.75, 3.05) is 6.54 Å². The predicted molar refractivity (Wildman–Crippen MR) is 86.1 cm³/mol. The van der Waals surface area contributed by atoms with E-state index in [4.69, 9.17) is 0 Å². The lowest BCUT2D eigenvalue weighted by atomic mass is 10.2. The Morgan fingerprint density at radius 3 is 2.48 bits per heavy atom. The van der Waals surface area contributed by atoms with E-state index in [1.165, 1.54) is 12.1 Å². The lowest BCUT2D eigenvalue weighted by Gasteiger charge is -2.24. The maximum absolute atomic E-state index is 12.7. The molecule has 126 valence electrons. The molecule has 23 heavy (non-hydrogen) atoms. The Morgan fingerprint density at radius 2 is 1.91 bits per heavy atom. The van der Waals surface area contributed by atoms with E-state index in [1.807, 2.05) is 20.8 Å². The third kappa shape index (κ3) is 3.72. The van der Waals surface area contributed by atoms with E-state index >= 15 is 0 Å². The first-order valence-electron chi connectivity index (χ1n) is 7.65. The Bertz CT molecular complexity index is 695. The van der Waals surface area contributed by atoms with Crippen LogP contribution in [-0.2, 0) is 19.6 Å². The van der Waals surface area contributed by atoms with Crippen molar-refractivity contribution >= 4 is 21.8 Å². The molecule has 0 bridgehead atoms. The molecule has 1 aliphatic heterocycles. The minimum Gasteiger partial charge on any atom is -0.354 e. The number of nitrogens with zero attached hydrogens (tertiary/aromatic N) is 1. The lowest BCUT2D eigenvalue weighted by Crippen LogP contribution is -2.48. The first-order valence-corrected chi connectivity index (χ1v) is 9.09. The maximum atomic E-state index is 12.7. The van der Waals surface area contributed by atoms with Gasteiger partial charge in [0.25, 0.3) is 10.0 Å². The van der Waals surface area contributed by atoms with Gasteiger partial charge in [0.2, 0.25) is 11.8 Å². The van der Waals surface area contributed by atoms with Gasteiger partial charge in [-0.2, -0.15) is 0 Å². The first kappa shape index (κ1) is 17.5. The number of rotatable bonds is 5. The normalized spacial score (nSPS) is 18.5. The molecule has 1 atom stereocenters. The molecule has 1 fully saturated rings. The summed E-state index contributed by atoms with van der Waals surface area (Å²) in [6.45, 7) is 6.18. The average molecular weight is 338 g/mol. The molecular weight excluding hydrogens is 316 g/mol. The van der Waals surface area contributed by atoms with Gasteiger partial charge in [0, 0.05) is 13.0 Å². The van der Waals surface area contributed by atoms with Gasteiger partial charge >= 0.3 is 0 Å². The van der Waals surface area contributed by atoms with Crippen LogP contribution in [0.3, 0.4) is 0 Å². The third-order valence-corrected chi connectivity index (χ3v) is 5.57. The fourth-order valence-electron chi connectivity index (χ4n) is 2.45. The second-order valence-electron chi connectivity index (χ2n) is 6.20. The van der Waals surface area contributed by atoms with Crippen molar-refractivity contribution in [3.05, 3.63) is 29.8 Å². The van der Waals surface area contributed by atoms with Gasteiger partial charge in [-0.05, 0) is 31.4 Å². The molecule has 0 aromatic heterocycles. The smallest absolute Gasteiger partial charge is 0.267 e. The summed E-state index contributed by atoms with van der Waals surface area (Å²) in [4.78, 5) is 24.4. The van der Waals surface area contributed by atoms with Crippen LogP contribution in [0.4, 0.5) is 0 Å². The van der Waals surface area contributed by atoms with E-state index in [1.54, 1.807) is 12.1 Å². The molecule has 0 unspecified atom stereocenters. The number of benzene rings is 1. The molecule has 0 aliphatic carbocycles. The SMILES string of the molecule is Cc1ccc(S(=O)(=O)N2C(=O)CC[C@H]2C(=O)NCC(C)C)cc1. The number of amides is 2. The van der Waals surface area contributed by atoms with Crippen molar-refractivity contribution in [1.29, 1.82) is 0 Å². The van der Waals surface area contributed by atoms with Crippen molar-refractivity contribution < 1.29 is 18.0 Å². The second-order valence-corrected chi connectivity index (χ2v) is 8.02. The van der Waals surface area contributed by atoms with Gasteiger partial charge in [0.1, 0.15) is 6.04 Å². The molecule has 6 nitrogen and oxygen atoms in total. The third-order valence-electron chi connectivity index (χ3n) is 3.73. The summed E-state index contributed by atoms with van der Waals surface area (Å²) in [6, 6.07) is 5.29. The van der Waals surface area contributed by atoms with Crippen LogP contribution in [-0.4, -0.2) is 37.1 Å². The molecule has 0 saturated carbocycles. The molecule has 1 heterocycles. The second kappa shape index (κ2) is 6.70. The van der Waals surface area contributed by atoms with E-state index in [-0.39, 0.29) is 23.7 Å². The van der Waals surface area contributed by atoms with Crippen molar-refractivity contribution in [2.45, 2.75) is 44.6 Å². The molecule has 1 aromatic rings. The minimum atomic E-state index is -4.01. The number of carbonyl (C=O) groups excluding carboxylic acids is 2. The minimum absolute atomic E-state index is 0.0278. The van der Waals surface area contributed by atoms with Crippen LogP contribution >= 0.6 is 0 Å². The van der Waals surface area contributed by atoms with Gasteiger partial charge < -0.3 is 5.32 Å². The summed E-state index contributed by atoms with van der Waals surface area (Å²) in [5, 5.41) is 2.71. The standard InChI is InChI=1S/C16H22N2O4S/c1-11(2)10-17-16(20)14-8-9-15(19)18(14)23(21,22)13-6-4-12(3)5-7-13/h4-7,11,14H,8-10H2,1-3H3,(H,17,20)/t14-/m0/s1. The van der Waals surface area contributed by atoms with E-state index in [2.05, 4.69) is 5.32 Å². The summed E-state index contributed by atoms with van der Waals surface area (Å²) in [5.74, 6) is -0.700. The summed E-state index contributed by atoms with van der Waals surface area (Å²) in [7, 11) is -4.01. The van der Waals surface area contributed by atoms with Crippen molar-refractivity contribution in [2.24, 2.45) is 5.92 Å². The average Bonchev–Trinajstić information content (AvgIpc) is 2.87. The number of hydrogen-bond acceptors (Lipinski definition) is 4. The number of aryl methyl sites for hydroxylation is 1. The number of nitrogens with one attached hydrogen (secondary N) is 1. The zero-order valence-electron chi connectivity index (χ0n) is 13.6. The van der Waals surface area contributed by atoms with E-state index < -0.39 is 27.9 Å². The van der Waals surface area contributed by atoms with Gasteiger partial charge in [-0.25, -0.2) is 12.7 Å². The summed E-state index contributed by atoms with van der Waals surface area (Å²) >= 11 is 0. The Labute approximate surface area is 136 Å². The monoisotopic (exact) mass is 338 g/mol. The van der Waals surface area contributed by atoms with Crippen LogP contribution < -0.4 is 5.32 Å². The molecule has 2 amide bonds. The molecule has 1 saturated heterocycles. The van der Waals surface area contributed by atoms with Crippen LogP contribution in [0.5, 0.6) is 0 Å². The Hall–Kier alpha value is -1.89. The highest BCUT2D eigenvalue weighted by atomic mass is 32.2. The van der Waals surface area contributed by atoms with Crippen molar-refractivity contribution in [1.82, 2.24) is 9.62 Å². The van der Waals surface area contributed by atoms with Crippen LogP contribution in [0.15, 0.2) is 29.2 Å². The molecular formula is C16H22N2O4S. The van der Waals surface area contributed by atoms with E-state index in [9.17, 15) is 18.0 Å². The Balaban J connectivity index is 2.28. The highest BCUT2D eigenvalue weighted by molar-refractivity contribution is 7.89. The van der Waals surface area contributed by atoms with E-state index in [0.717, 1.165) is 9.87 Å². The summed E-state index contributed by atoms with van der Waals surface area (Å²) < 4.78 is 26.2. The molecule has 0 spiro atoms. The van der Waals surface area contributed by atoms with Gasteiger partial charge in [-0.15, -0.1) is 0 Å². The van der Waals surface area contributed by atoms with Gasteiger partial charge in [-0.3, -0.25) is 9.59 Å². The fourth-order valence-corrected chi connectivity index (χ4v) is 4.05. The highest BCUT2D eigenvalue weighted by Crippen LogP contribution is 2.27. The fraction of sp³-hybridized carbons (Fsp3) is 0.500. The van der Waals surface area contributed by atoms with Crippen LogP contribution in [0.1, 0.15) is 32.3 Å². The Morgan fingerprint density at radius 1 is 1.30 bits per heavy atom. The predicted octanol–water partition coefficient (Wildman–Crippen LogP) is 1.45. The molecule has 1 aliphatic rings. The molecule has 0 radical (unpaired) electrons. The zero-order chi connectivity index (χ0) is 17.2. The quantitative estimate of drug-likeness (QED) is 0.881. The lowest BCUT2D eigenvalue weighted by molar-refractivity contribution is -0.130. The largest absolute Gasteiger partial charge is 0.354 e. The zero-order valence-corrected chi connectivity index (χ0v) is 14.4. The van der Waals surface area contributed by atoms with Crippen LogP contribution in [0.2, 0.25) is 0 Å². The highest BCUT2D eigenvalue weighted by Gasteiger charge is 2.44. The number of carbonyl (C=O) groups is 2. The van der Waals surface area contributed by atoms with Crippen molar-refractivity contribution in [3.8, 4) is 0 Å². The van der Waals surface area contributed by atoms with Crippen molar-refractivity contribution in [3.63, 3.8) is 0 Å². The first-order chi connectivity index (χ1) is 10.7. The summed E-state index contributed by atoms with van der Waals surface area (Å²) in [6.07, 6.45) is 0.276. The molecule has 1 aromatic carbocycles. The van der Waals surface area contributed by atoms with Crippen LogP contribution in [0.25, 0.3) is 0 Å². The Kier molecular flexibility index (Phi) is 5.09. The molecule has 1 N–H and O–H groups in total. The maximum Gasteiger partial charge on any atom is 0.267 e. The summed E-state index contributed by atoms with van der Waals surface area (Å²) in [5.41, 5.74) is 0.919.